The van der Waals surface area contributed by atoms with Crippen LogP contribution in [0.25, 0.3) is 0 Å². The number of hydrogen-bond donors (Lipinski definition) is 0. The molecule has 1 saturated heterocycles. The zero-order valence-corrected chi connectivity index (χ0v) is 13.1. The van der Waals surface area contributed by atoms with E-state index >= 15 is 0 Å². The molecule has 0 N–H and O–H groups in total. The molecule has 0 radical (unpaired) electrons. The van der Waals surface area contributed by atoms with Crippen molar-refractivity contribution in [3.05, 3.63) is 41.9 Å². The van der Waals surface area contributed by atoms with Crippen molar-refractivity contribution in [2.45, 2.75) is 44.4 Å². The van der Waals surface area contributed by atoms with Crippen molar-refractivity contribution in [3.63, 3.8) is 0 Å². The molecule has 1 aliphatic carbocycles. The Labute approximate surface area is 130 Å². The maximum atomic E-state index is 4.57. The molecule has 0 aromatic carbocycles. The van der Waals surface area contributed by atoms with Crippen LogP contribution in [0.5, 0.6) is 0 Å². The van der Waals surface area contributed by atoms with E-state index in [2.05, 4.69) is 44.7 Å². The molecule has 4 rings (SSSR count). The minimum atomic E-state index is 0.422. The molecule has 5 heteroatoms. The molecule has 0 bridgehead atoms. The monoisotopic (exact) mass is 295 g/mol. The predicted octanol–water partition coefficient (Wildman–Crippen LogP) is 2.87. The van der Waals surface area contributed by atoms with Crippen molar-refractivity contribution in [1.29, 1.82) is 0 Å². The van der Waals surface area contributed by atoms with Crippen molar-refractivity contribution >= 4 is 5.82 Å². The highest BCUT2D eigenvalue weighted by Crippen LogP contribution is 2.39. The molecule has 2 aromatic rings. The first-order chi connectivity index (χ1) is 10.7. The Kier molecular flexibility index (Phi) is 3.28. The van der Waals surface area contributed by atoms with E-state index in [1.54, 1.807) is 6.33 Å². The standard InChI is InChI=1S/C17H21N5/c1-11(2)15-5-16(21-10-20-15)22-8-14(9-22)17-18-6-13(7-19-17)12-3-4-12/h5-7,10-12,14H,3-4,8-9H2,1-2H3. The van der Waals surface area contributed by atoms with Crippen LogP contribution in [0.1, 0.15) is 61.5 Å². The van der Waals surface area contributed by atoms with Crippen molar-refractivity contribution in [1.82, 2.24) is 19.9 Å². The summed E-state index contributed by atoms with van der Waals surface area (Å²) in [5.74, 6) is 3.56. The Hall–Kier alpha value is -2.04. The molecule has 3 heterocycles. The van der Waals surface area contributed by atoms with E-state index in [0.29, 0.717) is 11.8 Å². The van der Waals surface area contributed by atoms with Gasteiger partial charge in [-0.1, -0.05) is 13.8 Å². The molecular formula is C17H21N5. The number of rotatable bonds is 4. The van der Waals surface area contributed by atoms with Gasteiger partial charge in [-0.15, -0.1) is 0 Å². The summed E-state index contributed by atoms with van der Waals surface area (Å²) in [4.78, 5) is 20.1. The summed E-state index contributed by atoms with van der Waals surface area (Å²) in [6.45, 7) is 6.19. The molecule has 0 unspecified atom stereocenters. The molecule has 2 aliphatic rings. The number of aromatic nitrogens is 4. The van der Waals surface area contributed by atoms with E-state index in [4.69, 9.17) is 0 Å². The Morgan fingerprint density at radius 3 is 2.36 bits per heavy atom. The lowest BCUT2D eigenvalue weighted by Crippen LogP contribution is -2.46. The highest BCUT2D eigenvalue weighted by Gasteiger charge is 2.32. The molecule has 1 saturated carbocycles. The van der Waals surface area contributed by atoms with E-state index in [0.717, 1.165) is 36.3 Å². The van der Waals surface area contributed by atoms with Crippen LogP contribution in [0.3, 0.4) is 0 Å². The fraction of sp³-hybridized carbons (Fsp3) is 0.529. The van der Waals surface area contributed by atoms with Gasteiger partial charge in [0.15, 0.2) is 0 Å². The van der Waals surface area contributed by atoms with Crippen LogP contribution in [-0.4, -0.2) is 33.0 Å². The van der Waals surface area contributed by atoms with Gasteiger partial charge in [-0.05, 0) is 30.2 Å². The average Bonchev–Trinajstić information content (AvgIpc) is 3.31. The third kappa shape index (κ3) is 2.56. The van der Waals surface area contributed by atoms with E-state index in [-0.39, 0.29) is 0 Å². The highest BCUT2D eigenvalue weighted by atomic mass is 15.3. The summed E-state index contributed by atoms with van der Waals surface area (Å²) in [5, 5.41) is 0. The molecule has 1 aliphatic heterocycles. The molecule has 0 amide bonds. The first-order valence-electron chi connectivity index (χ1n) is 8.09. The summed E-state index contributed by atoms with van der Waals surface area (Å²) in [5.41, 5.74) is 2.40. The minimum Gasteiger partial charge on any atom is -0.355 e. The van der Waals surface area contributed by atoms with Gasteiger partial charge in [0.1, 0.15) is 18.0 Å². The molecule has 5 nitrogen and oxygen atoms in total. The van der Waals surface area contributed by atoms with Crippen molar-refractivity contribution in [2.75, 3.05) is 18.0 Å². The zero-order valence-electron chi connectivity index (χ0n) is 13.1. The lowest BCUT2D eigenvalue weighted by Gasteiger charge is -2.39. The quantitative estimate of drug-likeness (QED) is 0.868. The van der Waals surface area contributed by atoms with E-state index < -0.39 is 0 Å². The molecular weight excluding hydrogens is 274 g/mol. The molecule has 0 spiro atoms. The van der Waals surface area contributed by atoms with Gasteiger partial charge < -0.3 is 4.90 Å². The van der Waals surface area contributed by atoms with E-state index in [1.807, 2.05) is 12.4 Å². The van der Waals surface area contributed by atoms with Gasteiger partial charge in [0.2, 0.25) is 0 Å². The largest absolute Gasteiger partial charge is 0.355 e. The Morgan fingerprint density at radius 2 is 1.73 bits per heavy atom. The van der Waals surface area contributed by atoms with Crippen LogP contribution in [0.4, 0.5) is 5.82 Å². The second-order valence-electron chi connectivity index (χ2n) is 6.71. The van der Waals surface area contributed by atoms with Crippen molar-refractivity contribution < 1.29 is 0 Å². The number of nitrogens with zero attached hydrogens (tertiary/aromatic N) is 5. The summed E-state index contributed by atoms with van der Waals surface area (Å²) in [7, 11) is 0. The second kappa shape index (κ2) is 5.30. The summed E-state index contributed by atoms with van der Waals surface area (Å²) in [6.07, 6.45) is 8.30. The van der Waals surface area contributed by atoms with Crippen LogP contribution >= 0.6 is 0 Å². The van der Waals surface area contributed by atoms with Gasteiger partial charge in [-0.3, -0.25) is 0 Å². The van der Waals surface area contributed by atoms with Crippen LogP contribution in [0, 0.1) is 0 Å². The summed E-state index contributed by atoms with van der Waals surface area (Å²) in [6, 6.07) is 2.10. The molecule has 2 aromatic heterocycles. The van der Waals surface area contributed by atoms with E-state index in [1.165, 1.54) is 18.4 Å². The van der Waals surface area contributed by atoms with Crippen molar-refractivity contribution in [3.8, 4) is 0 Å². The Balaban J connectivity index is 1.41. The Bertz CT molecular complexity index is 657. The van der Waals surface area contributed by atoms with E-state index in [9.17, 15) is 0 Å². The topological polar surface area (TPSA) is 54.8 Å². The van der Waals surface area contributed by atoms with Crippen LogP contribution in [-0.2, 0) is 0 Å². The van der Waals surface area contributed by atoms with Gasteiger partial charge in [0.05, 0.1) is 5.92 Å². The third-order valence-electron chi connectivity index (χ3n) is 4.58. The zero-order chi connectivity index (χ0) is 15.1. The first kappa shape index (κ1) is 13.6. The van der Waals surface area contributed by atoms with Gasteiger partial charge >= 0.3 is 0 Å². The minimum absolute atomic E-state index is 0.422. The van der Waals surface area contributed by atoms with Crippen LogP contribution in [0.2, 0.25) is 0 Å². The summed E-state index contributed by atoms with van der Waals surface area (Å²) < 4.78 is 0. The van der Waals surface area contributed by atoms with Gasteiger partial charge in [-0.2, -0.15) is 0 Å². The molecule has 2 fully saturated rings. The SMILES string of the molecule is CC(C)c1cc(N2CC(c3ncc(C4CC4)cn3)C2)ncn1. The van der Waals surface area contributed by atoms with Gasteiger partial charge in [0, 0.05) is 37.2 Å². The highest BCUT2D eigenvalue weighted by molar-refractivity contribution is 5.44. The fourth-order valence-electron chi connectivity index (χ4n) is 2.87. The molecule has 114 valence electrons. The predicted molar refractivity (Wildman–Crippen MR) is 85.1 cm³/mol. The third-order valence-corrected chi connectivity index (χ3v) is 4.58. The van der Waals surface area contributed by atoms with Gasteiger partial charge in [-0.25, -0.2) is 19.9 Å². The average molecular weight is 295 g/mol. The maximum absolute atomic E-state index is 4.57. The molecule has 22 heavy (non-hydrogen) atoms. The smallest absolute Gasteiger partial charge is 0.134 e. The Morgan fingerprint density at radius 1 is 1.00 bits per heavy atom. The number of anilines is 1. The summed E-state index contributed by atoms with van der Waals surface area (Å²) >= 11 is 0. The lowest BCUT2D eigenvalue weighted by molar-refractivity contribution is 0.494. The number of hydrogen-bond acceptors (Lipinski definition) is 5. The lowest BCUT2D eigenvalue weighted by atomic mass is 9.98. The molecule has 0 atom stereocenters. The maximum Gasteiger partial charge on any atom is 0.134 e. The van der Waals surface area contributed by atoms with Crippen LogP contribution < -0.4 is 4.90 Å². The van der Waals surface area contributed by atoms with Gasteiger partial charge in [0.25, 0.3) is 0 Å². The fourth-order valence-corrected chi connectivity index (χ4v) is 2.87. The second-order valence-corrected chi connectivity index (χ2v) is 6.71. The first-order valence-corrected chi connectivity index (χ1v) is 8.09. The van der Waals surface area contributed by atoms with Crippen molar-refractivity contribution in [2.24, 2.45) is 0 Å². The van der Waals surface area contributed by atoms with Crippen LogP contribution in [0.15, 0.2) is 24.8 Å². The normalized spacial score (nSPS) is 18.6.